The minimum Gasteiger partial charge on any atom is -0.465 e. The predicted octanol–water partition coefficient (Wildman–Crippen LogP) is 2.22. The van der Waals surface area contributed by atoms with Crippen LogP contribution in [0.4, 0.5) is 10.7 Å². The number of hydrogen-bond donors (Lipinski definition) is 1. The van der Waals surface area contributed by atoms with Gasteiger partial charge in [0.05, 0.1) is 24.2 Å². The van der Waals surface area contributed by atoms with Gasteiger partial charge in [0.25, 0.3) is 5.91 Å². The average Bonchev–Trinajstić information content (AvgIpc) is 3.11. The fourth-order valence-electron chi connectivity index (χ4n) is 2.47. The van der Waals surface area contributed by atoms with Crippen molar-refractivity contribution >= 4 is 39.9 Å². The molecule has 2 aromatic heterocycles. The highest BCUT2D eigenvalue weighted by Gasteiger charge is 2.32. The number of methoxy groups -OCH3 is 1. The van der Waals surface area contributed by atoms with E-state index in [9.17, 15) is 24.5 Å². The minimum atomic E-state index is -0.891. The first-order valence-electron chi connectivity index (χ1n) is 8.02. The van der Waals surface area contributed by atoms with Gasteiger partial charge >= 0.3 is 17.6 Å². The van der Waals surface area contributed by atoms with E-state index in [0.717, 1.165) is 18.4 Å². The fourth-order valence-corrected chi connectivity index (χ4v) is 3.56. The van der Waals surface area contributed by atoms with Crippen molar-refractivity contribution in [1.82, 2.24) is 9.78 Å². The molecule has 0 saturated carbocycles. The van der Waals surface area contributed by atoms with E-state index in [2.05, 4.69) is 10.4 Å². The van der Waals surface area contributed by atoms with Gasteiger partial charge in [-0.15, -0.1) is 11.3 Å². The molecule has 0 aliphatic rings. The Morgan fingerprint density at radius 3 is 2.46 bits per heavy atom. The molecule has 0 aromatic carbocycles. The van der Waals surface area contributed by atoms with Crippen LogP contribution in [0.3, 0.4) is 0 Å². The van der Waals surface area contributed by atoms with Crippen molar-refractivity contribution in [3.8, 4) is 0 Å². The number of nitrogens with one attached hydrogen (secondary N) is 1. The molecule has 0 unspecified atom stereocenters. The number of ether oxygens (including phenoxy) is 2. The summed E-state index contributed by atoms with van der Waals surface area (Å²) in [5.74, 6) is -2.32. The normalized spacial score (nSPS) is 10.5. The second kappa shape index (κ2) is 8.17. The van der Waals surface area contributed by atoms with Crippen molar-refractivity contribution in [3.05, 3.63) is 37.5 Å². The van der Waals surface area contributed by atoms with Gasteiger partial charge in [0.15, 0.2) is 0 Å². The number of carbonyl (C=O) groups excluding carboxylic acids is 3. The van der Waals surface area contributed by atoms with Crippen molar-refractivity contribution in [1.29, 1.82) is 0 Å². The summed E-state index contributed by atoms with van der Waals surface area (Å²) < 4.78 is 10.9. The molecule has 150 valence electrons. The third-order valence-electron chi connectivity index (χ3n) is 3.92. The molecule has 2 aromatic rings. The molecule has 2 rings (SSSR count). The van der Waals surface area contributed by atoms with Crippen LogP contribution in [0.2, 0.25) is 0 Å². The molecule has 12 heteroatoms. The second-order valence-corrected chi connectivity index (χ2v) is 6.61. The van der Waals surface area contributed by atoms with Crippen molar-refractivity contribution in [2.24, 2.45) is 7.05 Å². The molecule has 1 N–H and O–H groups in total. The summed E-state index contributed by atoms with van der Waals surface area (Å²) in [6, 6.07) is 0. The zero-order valence-electron chi connectivity index (χ0n) is 15.8. The van der Waals surface area contributed by atoms with Gasteiger partial charge in [0.1, 0.15) is 15.6 Å². The molecular weight excluding hydrogens is 392 g/mol. The number of nitro groups is 1. The van der Waals surface area contributed by atoms with Crippen LogP contribution >= 0.6 is 11.3 Å². The smallest absolute Gasteiger partial charge is 0.348 e. The molecule has 2 heterocycles. The monoisotopic (exact) mass is 410 g/mol. The van der Waals surface area contributed by atoms with Gasteiger partial charge in [0.2, 0.25) is 5.69 Å². The van der Waals surface area contributed by atoms with E-state index in [-0.39, 0.29) is 33.3 Å². The lowest BCUT2D eigenvalue weighted by molar-refractivity contribution is -0.385. The SMILES string of the molecule is CCOC(=O)c1sc(NC(=O)c2nn(C)c(C)c2[N+](=O)[O-])c(C(=O)OC)c1C. The summed E-state index contributed by atoms with van der Waals surface area (Å²) in [5.41, 5.74) is -0.419. The quantitative estimate of drug-likeness (QED) is 0.434. The van der Waals surface area contributed by atoms with E-state index >= 15 is 0 Å². The van der Waals surface area contributed by atoms with Crippen LogP contribution in [0.1, 0.15) is 48.7 Å². The summed E-state index contributed by atoms with van der Waals surface area (Å²) in [7, 11) is 2.62. The summed E-state index contributed by atoms with van der Waals surface area (Å²) in [6.07, 6.45) is 0. The Bertz CT molecular complexity index is 976. The molecule has 1 amide bonds. The molecule has 0 bridgehead atoms. The largest absolute Gasteiger partial charge is 0.465 e. The summed E-state index contributed by atoms with van der Waals surface area (Å²) in [6.45, 7) is 4.73. The maximum Gasteiger partial charge on any atom is 0.348 e. The van der Waals surface area contributed by atoms with Crippen LogP contribution in [0.15, 0.2) is 0 Å². The molecule has 0 radical (unpaired) electrons. The van der Waals surface area contributed by atoms with Crippen LogP contribution in [0, 0.1) is 24.0 Å². The highest BCUT2D eigenvalue weighted by atomic mass is 32.1. The van der Waals surface area contributed by atoms with Crippen LogP contribution in [-0.4, -0.2) is 46.3 Å². The Balaban J connectivity index is 2.51. The Morgan fingerprint density at radius 1 is 1.29 bits per heavy atom. The summed E-state index contributed by atoms with van der Waals surface area (Å²) in [5, 5.41) is 17.6. The number of hydrogen-bond acceptors (Lipinski definition) is 9. The Labute approximate surface area is 163 Å². The molecule has 0 saturated heterocycles. The van der Waals surface area contributed by atoms with E-state index in [1.165, 1.54) is 25.6 Å². The summed E-state index contributed by atoms with van der Waals surface area (Å²) >= 11 is 0.814. The molecule has 0 aliphatic carbocycles. The zero-order chi connectivity index (χ0) is 21.2. The molecule has 11 nitrogen and oxygen atoms in total. The lowest BCUT2D eigenvalue weighted by Crippen LogP contribution is -2.16. The number of nitrogens with zero attached hydrogens (tertiary/aromatic N) is 3. The number of aromatic nitrogens is 2. The molecule has 0 aliphatic heterocycles. The van der Waals surface area contributed by atoms with Crippen LogP contribution < -0.4 is 5.32 Å². The number of thiophene rings is 1. The van der Waals surface area contributed by atoms with Gasteiger partial charge in [-0.3, -0.25) is 19.6 Å². The first-order chi connectivity index (χ1) is 13.1. The highest BCUT2D eigenvalue weighted by Crippen LogP contribution is 2.35. The first-order valence-corrected chi connectivity index (χ1v) is 8.83. The van der Waals surface area contributed by atoms with E-state index < -0.39 is 34.2 Å². The predicted molar refractivity (Wildman–Crippen MR) is 98.9 cm³/mol. The number of esters is 2. The number of carbonyl (C=O) groups is 3. The topological polar surface area (TPSA) is 143 Å². The lowest BCUT2D eigenvalue weighted by atomic mass is 10.1. The van der Waals surface area contributed by atoms with Crippen molar-refractivity contribution in [2.45, 2.75) is 20.8 Å². The van der Waals surface area contributed by atoms with E-state index in [1.54, 1.807) is 6.92 Å². The Hall–Kier alpha value is -3.28. The van der Waals surface area contributed by atoms with E-state index in [4.69, 9.17) is 9.47 Å². The second-order valence-electron chi connectivity index (χ2n) is 5.59. The van der Waals surface area contributed by atoms with Crippen molar-refractivity contribution < 1.29 is 28.8 Å². The maximum absolute atomic E-state index is 12.6. The maximum atomic E-state index is 12.6. The molecule has 28 heavy (non-hydrogen) atoms. The van der Waals surface area contributed by atoms with Crippen LogP contribution in [-0.2, 0) is 16.5 Å². The van der Waals surface area contributed by atoms with E-state index in [0.29, 0.717) is 0 Å². The minimum absolute atomic E-state index is 0.00927. The van der Waals surface area contributed by atoms with Crippen LogP contribution in [0.5, 0.6) is 0 Å². The number of aryl methyl sites for hydroxylation is 1. The lowest BCUT2D eigenvalue weighted by Gasteiger charge is -2.04. The Kier molecular flexibility index (Phi) is 6.13. The summed E-state index contributed by atoms with van der Waals surface area (Å²) in [4.78, 5) is 47.6. The fraction of sp³-hybridized carbons (Fsp3) is 0.375. The number of amides is 1. The zero-order valence-corrected chi connectivity index (χ0v) is 16.6. The first kappa shape index (κ1) is 21.0. The Morgan fingerprint density at radius 2 is 1.93 bits per heavy atom. The van der Waals surface area contributed by atoms with Gasteiger partial charge in [-0.25, -0.2) is 9.59 Å². The molecular formula is C16H18N4O7S. The van der Waals surface area contributed by atoms with Gasteiger partial charge in [-0.2, -0.15) is 5.10 Å². The van der Waals surface area contributed by atoms with Crippen molar-refractivity contribution in [2.75, 3.05) is 19.0 Å². The van der Waals surface area contributed by atoms with Crippen LogP contribution in [0.25, 0.3) is 0 Å². The van der Waals surface area contributed by atoms with Gasteiger partial charge in [-0.1, -0.05) is 0 Å². The number of rotatable bonds is 6. The molecule has 0 spiro atoms. The van der Waals surface area contributed by atoms with Gasteiger partial charge in [-0.05, 0) is 26.3 Å². The highest BCUT2D eigenvalue weighted by molar-refractivity contribution is 7.18. The van der Waals surface area contributed by atoms with Gasteiger partial charge < -0.3 is 14.8 Å². The van der Waals surface area contributed by atoms with E-state index in [1.807, 2.05) is 0 Å². The third kappa shape index (κ3) is 3.71. The standard InChI is InChI=1S/C16H18N4O7S/c1-6-27-16(23)12-7(2)9(15(22)26-5)14(28-12)17-13(21)10-11(20(24)25)8(3)19(4)18-10/h6H2,1-5H3,(H,17,21). The van der Waals surface area contributed by atoms with Gasteiger partial charge in [0, 0.05) is 7.05 Å². The number of anilines is 1. The average molecular weight is 410 g/mol. The molecule has 0 fully saturated rings. The molecule has 0 atom stereocenters. The van der Waals surface area contributed by atoms with Crippen molar-refractivity contribution in [3.63, 3.8) is 0 Å². The third-order valence-corrected chi connectivity index (χ3v) is 5.11.